The standard InChI is InChI=1S/C21H27N.ClH/c1-22-20(14-12-18-8-4-2-5-9-18)16-17-21(22)15-13-19-10-6-3-7-11-19;/h2-11,20-21H,12-17H2,1H3;1H/t20-,21-;/m1./s1. The van der Waals surface area contributed by atoms with Gasteiger partial charge in [-0.15, -0.1) is 12.4 Å². The zero-order valence-corrected chi connectivity index (χ0v) is 14.8. The Balaban J connectivity index is 0.00000192. The highest BCUT2D eigenvalue weighted by molar-refractivity contribution is 5.85. The molecule has 0 saturated carbocycles. The molecule has 3 rings (SSSR count). The van der Waals surface area contributed by atoms with E-state index in [1.807, 2.05) is 0 Å². The maximum absolute atomic E-state index is 2.64. The first kappa shape index (κ1) is 18.0. The van der Waals surface area contributed by atoms with Crippen LogP contribution < -0.4 is 0 Å². The van der Waals surface area contributed by atoms with Crippen LogP contribution in [-0.2, 0) is 12.8 Å². The van der Waals surface area contributed by atoms with E-state index in [0.717, 1.165) is 12.1 Å². The van der Waals surface area contributed by atoms with Crippen LogP contribution >= 0.6 is 12.4 Å². The fraction of sp³-hybridized carbons (Fsp3) is 0.429. The van der Waals surface area contributed by atoms with Crippen molar-refractivity contribution < 1.29 is 0 Å². The Kier molecular flexibility index (Phi) is 7.14. The molecule has 1 aliphatic rings. The lowest BCUT2D eigenvalue weighted by Gasteiger charge is -2.26. The molecule has 0 radical (unpaired) electrons. The van der Waals surface area contributed by atoms with Crippen molar-refractivity contribution >= 4 is 12.4 Å². The van der Waals surface area contributed by atoms with Crippen molar-refractivity contribution in [3.05, 3.63) is 71.8 Å². The number of likely N-dealkylation sites (tertiary alicyclic amines) is 1. The maximum atomic E-state index is 2.64. The Hall–Kier alpha value is -1.31. The van der Waals surface area contributed by atoms with Crippen molar-refractivity contribution in [2.24, 2.45) is 0 Å². The highest BCUT2D eigenvalue weighted by Crippen LogP contribution is 2.28. The van der Waals surface area contributed by atoms with Crippen molar-refractivity contribution in [2.45, 2.75) is 50.6 Å². The van der Waals surface area contributed by atoms with Crippen LogP contribution in [0, 0.1) is 0 Å². The van der Waals surface area contributed by atoms with Crippen LogP contribution in [0.5, 0.6) is 0 Å². The SMILES string of the molecule is CN1[C@H](CCc2ccccc2)CC[C@H]1CCc1ccccc1.Cl. The molecule has 2 aromatic carbocycles. The van der Waals surface area contributed by atoms with Gasteiger partial charge in [-0.25, -0.2) is 0 Å². The average molecular weight is 330 g/mol. The summed E-state index contributed by atoms with van der Waals surface area (Å²) in [5.74, 6) is 0. The van der Waals surface area contributed by atoms with Gasteiger partial charge in [0, 0.05) is 12.1 Å². The summed E-state index contributed by atoms with van der Waals surface area (Å²) in [6, 6.07) is 23.3. The molecule has 23 heavy (non-hydrogen) atoms. The van der Waals surface area contributed by atoms with E-state index in [2.05, 4.69) is 72.6 Å². The van der Waals surface area contributed by atoms with Gasteiger partial charge < -0.3 is 4.90 Å². The van der Waals surface area contributed by atoms with Gasteiger partial charge in [0.25, 0.3) is 0 Å². The first-order valence-electron chi connectivity index (χ1n) is 8.63. The Bertz CT molecular complexity index is 503. The fourth-order valence-corrected chi connectivity index (χ4v) is 3.74. The highest BCUT2D eigenvalue weighted by Gasteiger charge is 2.29. The third-order valence-corrected chi connectivity index (χ3v) is 5.20. The van der Waals surface area contributed by atoms with Crippen LogP contribution in [0.2, 0.25) is 0 Å². The zero-order chi connectivity index (χ0) is 15.2. The van der Waals surface area contributed by atoms with E-state index in [1.54, 1.807) is 0 Å². The lowest BCUT2D eigenvalue weighted by Crippen LogP contribution is -2.32. The van der Waals surface area contributed by atoms with Gasteiger partial charge in [0.2, 0.25) is 0 Å². The minimum Gasteiger partial charge on any atom is -0.300 e. The molecule has 124 valence electrons. The molecule has 0 unspecified atom stereocenters. The lowest BCUT2D eigenvalue weighted by atomic mass is 10.0. The maximum Gasteiger partial charge on any atom is 0.00988 e. The molecule has 1 nitrogen and oxygen atoms in total. The van der Waals surface area contributed by atoms with E-state index in [1.165, 1.54) is 49.7 Å². The Morgan fingerprint density at radius 1 is 0.739 bits per heavy atom. The van der Waals surface area contributed by atoms with Gasteiger partial charge in [0.05, 0.1) is 0 Å². The summed E-state index contributed by atoms with van der Waals surface area (Å²) in [6.07, 6.45) is 7.73. The van der Waals surface area contributed by atoms with E-state index in [9.17, 15) is 0 Å². The molecule has 0 spiro atoms. The Morgan fingerprint density at radius 2 is 1.13 bits per heavy atom. The first-order chi connectivity index (χ1) is 10.8. The predicted octanol–water partition coefficient (Wildman–Crippen LogP) is 5.14. The average Bonchev–Trinajstić information content (AvgIpc) is 2.93. The second-order valence-corrected chi connectivity index (χ2v) is 6.60. The smallest absolute Gasteiger partial charge is 0.00988 e. The molecule has 1 fully saturated rings. The van der Waals surface area contributed by atoms with Crippen LogP contribution in [0.1, 0.15) is 36.8 Å². The van der Waals surface area contributed by atoms with E-state index in [0.29, 0.717) is 0 Å². The third kappa shape index (κ3) is 5.09. The topological polar surface area (TPSA) is 3.24 Å². The summed E-state index contributed by atoms with van der Waals surface area (Å²) in [5.41, 5.74) is 2.95. The quantitative estimate of drug-likeness (QED) is 0.709. The van der Waals surface area contributed by atoms with Crippen LogP contribution in [0.25, 0.3) is 0 Å². The summed E-state index contributed by atoms with van der Waals surface area (Å²) in [6.45, 7) is 0. The number of rotatable bonds is 6. The van der Waals surface area contributed by atoms with Gasteiger partial charge in [-0.3, -0.25) is 0 Å². The first-order valence-corrected chi connectivity index (χ1v) is 8.63. The summed E-state index contributed by atoms with van der Waals surface area (Å²) in [4.78, 5) is 2.64. The molecule has 1 heterocycles. The van der Waals surface area contributed by atoms with Crippen molar-refractivity contribution in [2.75, 3.05) is 7.05 Å². The minimum atomic E-state index is 0. The predicted molar refractivity (Wildman–Crippen MR) is 101 cm³/mol. The van der Waals surface area contributed by atoms with Crippen molar-refractivity contribution in [3.63, 3.8) is 0 Å². The molecular weight excluding hydrogens is 302 g/mol. The number of hydrogen-bond donors (Lipinski definition) is 0. The monoisotopic (exact) mass is 329 g/mol. The van der Waals surface area contributed by atoms with Gasteiger partial charge in [-0.05, 0) is 56.7 Å². The number of nitrogens with zero attached hydrogens (tertiary/aromatic N) is 1. The molecule has 0 N–H and O–H groups in total. The van der Waals surface area contributed by atoms with Crippen LogP contribution in [0.4, 0.5) is 0 Å². The molecule has 0 amide bonds. The van der Waals surface area contributed by atoms with E-state index in [-0.39, 0.29) is 12.4 Å². The molecule has 2 heteroatoms. The fourth-order valence-electron chi connectivity index (χ4n) is 3.74. The molecule has 0 aliphatic carbocycles. The largest absolute Gasteiger partial charge is 0.300 e. The van der Waals surface area contributed by atoms with Crippen molar-refractivity contribution in [1.82, 2.24) is 4.90 Å². The Morgan fingerprint density at radius 3 is 1.52 bits per heavy atom. The number of halogens is 1. The minimum absolute atomic E-state index is 0. The lowest BCUT2D eigenvalue weighted by molar-refractivity contribution is 0.223. The molecule has 2 atom stereocenters. The van der Waals surface area contributed by atoms with Gasteiger partial charge in [-0.1, -0.05) is 60.7 Å². The summed E-state index contributed by atoms with van der Waals surface area (Å²) in [5, 5.41) is 0. The van der Waals surface area contributed by atoms with Crippen LogP contribution in [0.15, 0.2) is 60.7 Å². The number of aryl methyl sites for hydroxylation is 2. The highest BCUT2D eigenvalue weighted by atomic mass is 35.5. The third-order valence-electron chi connectivity index (χ3n) is 5.20. The second kappa shape index (κ2) is 9.10. The molecule has 2 aromatic rings. The Labute approximate surface area is 147 Å². The molecular formula is C21H28ClN. The summed E-state index contributed by atoms with van der Waals surface area (Å²) in [7, 11) is 2.33. The van der Waals surface area contributed by atoms with Crippen LogP contribution in [-0.4, -0.2) is 24.0 Å². The zero-order valence-electron chi connectivity index (χ0n) is 14.0. The van der Waals surface area contributed by atoms with E-state index in [4.69, 9.17) is 0 Å². The van der Waals surface area contributed by atoms with Crippen LogP contribution in [0.3, 0.4) is 0 Å². The molecule has 1 aliphatic heterocycles. The summed E-state index contributed by atoms with van der Waals surface area (Å²) >= 11 is 0. The summed E-state index contributed by atoms with van der Waals surface area (Å²) < 4.78 is 0. The normalized spacial score (nSPS) is 21.1. The van der Waals surface area contributed by atoms with Gasteiger partial charge in [0.15, 0.2) is 0 Å². The van der Waals surface area contributed by atoms with Gasteiger partial charge >= 0.3 is 0 Å². The van der Waals surface area contributed by atoms with Crippen molar-refractivity contribution in [1.29, 1.82) is 0 Å². The second-order valence-electron chi connectivity index (χ2n) is 6.60. The van der Waals surface area contributed by atoms with Gasteiger partial charge in [-0.2, -0.15) is 0 Å². The van der Waals surface area contributed by atoms with E-state index < -0.39 is 0 Å². The number of benzene rings is 2. The number of hydrogen-bond acceptors (Lipinski definition) is 1. The molecule has 1 saturated heterocycles. The molecule has 0 aromatic heterocycles. The van der Waals surface area contributed by atoms with Crippen molar-refractivity contribution in [3.8, 4) is 0 Å². The molecule has 0 bridgehead atoms. The van der Waals surface area contributed by atoms with E-state index >= 15 is 0 Å². The van der Waals surface area contributed by atoms with Gasteiger partial charge in [0.1, 0.15) is 0 Å².